The molecule has 1 aromatic heterocycles. The Morgan fingerprint density at radius 3 is 2.39 bits per heavy atom. The maximum Gasteiger partial charge on any atom is 0.266 e. The van der Waals surface area contributed by atoms with Crippen LogP contribution in [-0.4, -0.2) is 21.5 Å². The van der Waals surface area contributed by atoms with Crippen LogP contribution in [0.5, 0.6) is 0 Å². The zero-order valence-electron chi connectivity index (χ0n) is 17.4. The highest BCUT2D eigenvalue weighted by Crippen LogP contribution is 2.37. The molecule has 1 N–H and O–H groups in total. The third-order valence-corrected chi connectivity index (χ3v) is 7.07. The van der Waals surface area contributed by atoms with Crippen molar-refractivity contribution >= 4 is 51.8 Å². The summed E-state index contributed by atoms with van der Waals surface area (Å²) in [5.74, 6) is -0.100. The van der Waals surface area contributed by atoms with Crippen LogP contribution in [0.1, 0.15) is 23.7 Å². The van der Waals surface area contributed by atoms with Gasteiger partial charge in [0.15, 0.2) is 5.16 Å². The number of halogens is 2. The summed E-state index contributed by atoms with van der Waals surface area (Å²) in [6.45, 7) is 0. The van der Waals surface area contributed by atoms with Crippen molar-refractivity contribution in [1.29, 1.82) is 0 Å². The molecule has 8 heteroatoms. The van der Waals surface area contributed by atoms with E-state index in [1.165, 1.54) is 16.3 Å². The summed E-state index contributed by atoms with van der Waals surface area (Å²) in [7, 11) is 0. The topological polar surface area (TPSA) is 64.0 Å². The fourth-order valence-electron chi connectivity index (χ4n) is 3.55. The van der Waals surface area contributed by atoms with Gasteiger partial charge < -0.3 is 5.32 Å². The zero-order chi connectivity index (χ0) is 22.9. The maximum absolute atomic E-state index is 13.6. The van der Waals surface area contributed by atoms with Crippen molar-refractivity contribution < 1.29 is 4.79 Å². The molecule has 166 valence electrons. The summed E-state index contributed by atoms with van der Waals surface area (Å²) < 4.78 is 1.53. The summed E-state index contributed by atoms with van der Waals surface area (Å²) >= 11 is 13.5. The number of amides is 1. The Labute approximate surface area is 204 Å². The van der Waals surface area contributed by atoms with Crippen LogP contribution < -0.4 is 10.9 Å². The van der Waals surface area contributed by atoms with E-state index >= 15 is 0 Å². The number of thioether (sulfide) groups is 1. The fraction of sp³-hybridized carbons (Fsp3) is 0.160. The van der Waals surface area contributed by atoms with Crippen molar-refractivity contribution in [3.05, 3.63) is 98.8 Å². The Bertz CT molecular complexity index is 1390. The van der Waals surface area contributed by atoms with Crippen LogP contribution in [0.15, 0.2) is 82.7 Å². The summed E-state index contributed by atoms with van der Waals surface area (Å²) in [5, 5.41) is 4.40. The van der Waals surface area contributed by atoms with Gasteiger partial charge in [-0.25, -0.2) is 4.98 Å². The monoisotopic (exact) mass is 495 g/mol. The number of hydrogen-bond donors (Lipinski definition) is 1. The molecule has 4 aromatic rings. The van der Waals surface area contributed by atoms with Crippen molar-refractivity contribution in [2.75, 3.05) is 0 Å². The van der Waals surface area contributed by atoms with E-state index < -0.39 is 5.25 Å². The lowest BCUT2D eigenvalue weighted by Gasteiger charge is -2.19. The zero-order valence-corrected chi connectivity index (χ0v) is 19.7. The minimum atomic E-state index is -0.575. The first-order chi connectivity index (χ1) is 16.0. The molecular weight excluding hydrogens is 477 g/mol. The Hall–Kier alpha value is -2.80. The molecule has 1 amide bonds. The predicted molar refractivity (Wildman–Crippen MR) is 134 cm³/mol. The fourth-order valence-corrected chi connectivity index (χ4v) is 4.96. The molecule has 1 saturated carbocycles. The van der Waals surface area contributed by atoms with E-state index in [2.05, 4.69) is 5.32 Å². The molecule has 1 aliphatic rings. The van der Waals surface area contributed by atoms with Crippen molar-refractivity contribution in [2.24, 2.45) is 0 Å². The number of hydrogen-bond acceptors (Lipinski definition) is 4. The van der Waals surface area contributed by atoms with E-state index in [1.54, 1.807) is 42.5 Å². The van der Waals surface area contributed by atoms with Crippen LogP contribution in [0.25, 0.3) is 16.6 Å². The number of carbonyl (C=O) groups is 1. The van der Waals surface area contributed by atoms with Crippen molar-refractivity contribution in [3.63, 3.8) is 0 Å². The molecule has 1 unspecified atom stereocenters. The second-order valence-corrected chi connectivity index (χ2v) is 9.81. The first kappa shape index (κ1) is 22.0. The van der Waals surface area contributed by atoms with Crippen LogP contribution >= 0.6 is 35.0 Å². The van der Waals surface area contributed by atoms with Crippen LogP contribution in [0, 0.1) is 0 Å². The van der Waals surface area contributed by atoms with Crippen LogP contribution in [0.3, 0.4) is 0 Å². The predicted octanol–water partition coefficient (Wildman–Crippen LogP) is 5.80. The number of aromatic nitrogens is 2. The Balaban J connectivity index is 1.67. The van der Waals surface area contributed by atoms with E-state index in [0.29, 0.717) is 31.8 Å². The molecule has 0 saturated heterocycles. The second kappa shape index (κ2) is 9.21. The lowest BCUT2D eigenvalue weighted by Crippen LogP contribution is -2.30. The van der Waals surface area contributed by atoms with E-state index in [4.69, 9.17) is 28.2 Å². The van der Waals surface area contributed by atoms with Gasteiger partial charge >= 0.3 is 0 Å². The summed E-state index contributed by atoms with van der Waals surface area (Å²) in [4.78, 5) is 31.5. The smallest absolute Gasteiger partial charge is 0.266 e. The number of nitrogens with zero attached hydrogens (tertiary/aromatic N) is 2. The molecule has 1 fully saturated rings. The third kappa shape index (κ3) is 4.78. The third-order valence-electron chi connectivity index (χ3n) is 5.37. The van der Waals surface area contributed by atoms with E-state index in [-0.39, 0.29) is 17.5 Å². The van der Waals surface area contributed by atoms with Crippen LogP contribution in [-0.2, 0) is 4.79 Å². The lowest BCUT2D eigenvalue weighted by atomic mass is 10.1. The quantitative estimate of drug-likeness (QED) is 0.271. The van der Waals surface area contributed by atoms with Crippen LogP contribution in [0.4, 0.5) is 0 Å². The molecule has 5 rings (SSSR count). The molecular formula is C25H19Cl2N3O2S. The van der Waals surface area contributed by atoms with Gasteiger partial charge in [0.25, 0.3) is 5.56 Å². The molecule has 0 radical (unpaired) electrons. The lowest BCUT2D eigenvalue weighted by molar-refractivity contribution is -0.120. The first-order valence-corrected chi connectivity index (χ1v) is 12.1. The number of carbonyl (C=O) groups excluding carboxylic acids is 1. The minimum Gasteiger partial charge on any atom is -0.352 e. The first-order valence-electron chi connectivity index (χ1n) is 10.5. The highest BCUT2D eigenvalue weighted by atomic mass is 35.5. The average Bonchev–Trinajstić information content (AvgIpc) is 3.63. The van der Waals surface area contributed by atoms with E-state index in [0.717, 1.165) is 18.4 Å². The van der Waals surface area contributed by atoms with Gasteiger partial charge in [0.05, 0.1) is 16.6 Å². The highest BCUT2D eigenvalue weighted by Gasteiger charge is 2.30. The number of benzene rings is 3. The van der Waals surface area contributed by atoms with Gasteiger partial charge in [0.2, 0.25) is 5.91 Å². The Kier molecular flexibility index (Phi) is 6.15. The van der Waals surface area contributed by atoms with Gasteiger partial charge in [-0.15, -0.1) is 0 Å². The largest absolute Gasteiger partial charge is 0.352 e. The van der Waals surface area contributed by atoms with Crippen LogP contribution in [0.2, 0.25) is 10.0 Å². The van der Waals surface area contributed by atoms with Crippen molar-refractivity contribution in [3.8, 4) is 5.69 Å². The van der Waals surface area contributed by atoms with Gasteiger partial charge in [-0.2, -0.15) is 0 Å². The van der Waals surface area contributed by atoms with Crippen molar-refractivity contribution in [1.82, 2.24) is 14.9 Å². The van der Waals surface area contributed by atoms with Gasteiger partial charge in [-0.1, -0.05) is 65.3 Å². The molecule has 1 aliphatic carbocycles. The second-order valence-electron chi connectivity index (χ2n) is 7.86. The molecule has 3 aromatic carbocycles. The van der Waals surface area contributed by atoms with E-state index in [1.807, 2.05) is 30.3 Å². The molecule has 5 nitrogen and oxygen atoms in total. The summed E-state index contributed by atoms with van der Waals surface area (Å²) in [6.07, 6.45) is 1.97. The number of rotatable bonds is 6. The molecule has 0 spiro atoms. The Morgan fingerprint density at radius 2 is 1.70 bits per heavy atom. The molecule has 1 heterocycles. The molecule has 1 atom stereocenters. The molecule has 0 aliphatic heterocycles. The minimum absolute atomic E-state index is 0.100. The van der Waals surface area contributed by atoms with Gasteiger partial charge in [0, 0.05) is 16.1 Å². The number of nitrogens with one attached hydrogen (secondary N) is 1. The Morgan fingerprint density at radius 1 is 1.00 bits per heavy atom. The maximum atomic E-state index is 13.6. The summed E-state index contributed by atoms with van der Waals surface area (Å²) in [6, 6.07) is 21.7. The molecule has 0 bridgehead atoms. The average molecular weight is 496 g/mol. The highest BCUT2D eigenvalue weighted by molar-refractivity contribution is 8.00. The normalized spacial score (nSPS) is 14.2. The van der Waals surface area contributed by atoms with Gasteiger partial charge in [-0.05, 0) is 60.9 Å². The van der Waals surface area contributed by atoms with Gasteiger partial charge in [0.1, 0.15) is 5.25 Å². The van der Waals surface area contributed by atoms with E-state index in [9.17, 15) is 9.59 Å². The number of fused-ring (bicyclic) bond motifs is 1. The standard InChI is InChI=1S/C25H19Cl2N3O2S/c26-16-6-11-19(12-7-16)30-24(32)20-13-8-17(27)14-21(20)29-25(30)33-22(15-4-2-1-3-5-15)23(31)28-18-9-10-18/h1-8,11-14,18,22H,9-10H2,(H,28,31). The summed E-state index contributed by atoms with van der Waals surface area (Å²) in [5.41, 5.74) is 1.69. The van der Waals surface area contributed by atoms with Crippen molar-refractivity contribution in [2.45, 2.75) is 29.3 Å². The molecule has 33 heavy (non-hydrogen) atoms. The SMILES string of the molecule is O=C(NC1CC1)C(Sc1nc2cc(Cl)ccc2c(=O)n1-c1ccc(Cl)cc1)c1ccccc1. The van der Waals surface area contributed by atoms with Gasteiger partial charge in [-0.3, -0.25) is 14.2 Å².